The van der Waals surface area contributed by atoms with Crippen molar-refractivity contribution >= 4 is 12.6 Å². The first-order chi connectivity index (χ1) is 5.35. The number of hydrogen-bond acceptors (Lipinski definition) is 2. The molecule has 72 valence electrons. The number of thiol groups is 1. The zero-order valence-corrected chi connectivity index (χ0v) is 9.62. The van der Waals surface area contributed by atoms with Crippen molar-refractivity contribution in [3.05, 3.63) is 0 Å². The Labute approximate surface area is 81.9 Å². The summed E-state index contributed by atoms with van der Waals surface area (Å²) in [7, 11) is 0. The maximum atomic E-state index is 4.36. The van der Waals surface area contributed by atoms with Crippen LogP contribution in [0.4, 0.5) is 0 Å². The highest BCUT2D eigenvalue weighted by Crippen LogP contribution is 2.31. The van der Waals surface area contributed by atoms with Gasteiger partial charge in [0.2, 0.25) is 0 Å². The third-order valence-electron chi connectivity index (χ3n) is 2.38. The third-order valence-corrected chi connectivity index (χ3v) is 3.24. The minimum absolute atomic E-state index is 0.375. The van der Waals surface area contributed by atoms with Crippen LogP contribution in [-0.2, 0) is 0 Å². The first-order valence-corrected chi connectivity index (χ1v) is 5.31. The molecule has 0 saturated carbocycles. The fraction of sp³-hybridized carbons (Fsp3) is 1.00. The van der Waals surface area contributed by atoms with E-state index in [2.05, 4.69) is 45.2 Å². The first-order valence-electron chi connectivity index (χ1n) is 4.68. The van der Waals surface area contributed by atoms with E-state index in [4.69, 9.17) is 0 Å². The fourth-order valence-corrected chi connectivity index (χ4v) is 2.03. The highest BCUT2D eigenvalue weighted by molar-refractivity contribution is 7.80. The molecule has 0 bridgehead atoms. The molecule has 1 fully saturated rings. The molecule has 2 heteroatoms. The Morgan fingerprint density at radius 2 is 1.83 bits per heavy atom. The second kappa shape index (κ2) is 3.22. The third kappa shape index (κ3) is 2.67. The Balaban J connectivity index is 2.27. The van der Waals surface area contributed by atoms with Gasteiger partial charge >= 0.3 is 0 Å². The summed E-state index contributed by atoms with van der Waals surface area (Å²) in [5.74, 6) is 0.976. The average molecular weight is 187 g/mol. The van der Waals surface area contributed by atoms with E-state index < -0.39 is 0 Å². The lowest BCUT2D eigenvalue weighted by Gasteiger charge is -2.48. The van der Waals surface area contributed by atoms with Gasteiger partial charge in [-0.25, -0.2) is 0 Å². The molecule has 1 rings (SSSR count). The topological polar surface area (TPSA) is 3.24 Å². The Hall–Kier alpha value is 0.310. The molecule has 0 aromatic rings. The molecule has 0 aliphatic carbocycles. The van der Waals surface area contributed by atoms with Gasteiger partial charge in [0, 0.05) is 19.6 Å². The smallest absolute Gasteiger partial charge is 0.00454 e. The van der Waals surface area contributed by atoms with E-state index in [1.807, 2.05) is 0 Å². The van der Waals surface area contributed by atoms with E-state index in [-0.39, 0.29) is 0 Å². The summed E-state index contributed by atoms with van der Waals surface area (Å²) in [6.45, 7) is 12.9. The summed E-state index contributed by atoms with van der Waals surface area (Å²) in [5.41, 5.74) is 0.937. The molecule has 0 amide bonds. The molecule has 12 heavy (non-hydrogen) atoms. The molecular formula is C10H21NS. The summed E-state index contributed by atoms with van der Waals surface area (Å²) in [5, 5.41) is 0. The van der Waals surface area contributed by atoms with Crippen LogP contribution in [0.3, 0.4) is 0 Å². The van der Waals surface area contributed by atoms with E-state index in [0.717, 1.165) is 5.75 Å². The predicted molar refractivity (Wildman–Crippen MR) is 57.9 cm³/mol. The zero-order chi connectivity index (χ0) is 9.41. The second-order valence-corrected chi connectivity index (χ2v) is 5.95. The van der Waals surface area contributed by atoms with E-state index in [9.17, 15) is 0 Å². The summed E-state index contributed by atoms with van der Waals surface area (Å²) >= 11 is 4.36. The number of rotatable bonds is 3. The van der Waals surface area contributed by atoms with Gasteiger partial charge in [0.15, 0.2) is 0 Å². The van der Waals surface area contributed by atoms with Crippen LogP contribution in [0.5, 0.6) is 0 Å². The highest BCUT2D eigenvalue weighted by Gasteiger charge is 2.36. The number of likely N-dealkylation sites (tertiary alicyclic amines) is 1. The van der Waals surface area contributed by atoms with Crippen molar-refractivity contribution < 1.29 is 0 Å². The molecule has 1 heterocycles. The minimum Gasteiger partial charge on any atom is -0.302 e. The summed E-state index contributed by atoms with van der Waals surface area (Å²) in [6.07, 6.45) is 0. The van der Waals surface area contributed by atoms with Crippen LogP contribution < -0.4 is 0 Å². The second-order valence-electron chi connectivity index (χ2n) is 5.63. The lowest BCUT2D eigenvalue weighted by atomic mass is 9.82. The molecule has 1 aliphatic rings. The zero-order valence-electron chi connectivity index (χ0n) is 8.72. The van der Waals surface area contributed by atoms with E-state index in [0.29, 0.717) is 10.8 Å². The molecule has 0 aromatic heterocycles. The van der Waals surface area contributed by atoms with Crippen molar-refractivity contribution in [3.8, 4) is 0 Å². The van der Waals surface area contributed by atoms with Gasteiger partial charge in [-0.05, 0) is 16.6 Å². The maximum Gasteiger partial charge on any atom is 0.00454 e. The van der Waals surface area contributed by atoms with Crippen LogP contribution in [-0.4, -0.2) is 30.3 Å². The minimum atomic E-state index is 0.375. The van der Waals surface area contributed by atoms with Crippen molar-refractivity contribution in [3.63, 3.8) is 0 Å². The van der Waals surface area contributed by atoms with Gasteiger partial charge in [0.05, 0.1) is 0 Å². The molecule has 0 radical (unpaired) electrons. The summed E-state index contributed by atoms with van der Waals surface area (Å²) in [4.78, 5) is 2.52. The van der Waals surface area contributed by atoms with Crippen LogP contribution in [0.1, 0.15) is 27.7 Å². The largest absolute Gasteiger partial charge is 0.302 e. The van der Waals surface area contributed by atoms with Gasteiger partial charge in [-0.15, -0.1) is 0 Å². The average Bonchev–Trinajstić information content (AvgIpc) is 1.83. The fourth-order valence-electron chi connectivity index (χ4n) is 1.93. The van der Waals surface area contributed by atoms with Crippen molar-refractivity contribution in [1.82, 2.24) is 4.90 Å². The molecule has 0 aromatic carbocycles. The van der Waals surface area contributed by atoms with Gasteiger partial charge in [-0.3, -0.25) is 0 Å². The predicted octanol–water partition coefficient (Wildman–Crippen LogP) is 2.28. The van der Waals surface area contributed by atoms with Gasteiger partial charge < -0.3 is 4.90 Å². The molecule has 0 N–H and O–H groups in total. The molecule has 0 atom stereocenters. The molecule has 1 saturated heterocycles. The molecular weight excluding hydrogens is 166 g/mol. The van der Waals surface area contributed by atoms with Gasteiger partial charge in [0.1, 0.15) is 0 Å². The molecule has 1 aliphatic heterocycles. The molecule has 1 nitrogen and oxygen atoms in total. The van der Waals surface area contributed by atoms with Crippen molar-refractivity contribution in [2.75, 3.05) is 25.4 Å². The SMILES string of the molecule is CC(C)(CS)CN1CC(C)(C)C1. The Bertz CT molecular complexity index is 155. The van der Waals surface area contributed by atoms with Crippen LogP contribution >= 0.6 is 12.6 Å². The Kier molecular flexibility index (Phi) is 2.79. The van der Waals surface area contributed by atoms with Gasteiger partial charge in [-0.1, -0.05) is 27.7 Å². The molecule has 0 unspecified atom stereocenters. The summed E-state index contributed by atoms with van der Waals surface area (Å²) < 4.78 is 0. The van der Waals surface area contributed by atoms with E-state index in [1.165, 1.54) is 19.6 Å². The van der Waals surface area contributed by atoms with Crippen LogP contribution in [0, 0.1) is 10.8 Å². The lowest BCUT2D eigenvalue weighted by molar-refractivity contribution is 0.00751. The Morgan fingerprint density at radius 3 is 2.17 bits per heavy atom. The molecule has 0 spiro atoms. The highest BCUT2D eigenvalue weighted by atomic mass is 32.1. The van der Waals surface area contributed by atoms with Crippen LogP contribution in [0.15, 0.2) is 0 Å². The normalized spacial score (nSPS) is 23.8. The van der Waals surface area contributed by atoms with Crippen molar-refractivity contribution in [2.24, 2.45) is 10.8 Å². The quantitative estimate of drug-likeness (QED) is 0.663. The van der Waals surface area contributed by atoms with Gasteiger partial charge in [0.25, 0.3) is 0 Å². The van der Waals surface area contributed by atoms with Gasteiger partial charge in [-0.2, -0.15) is 12.6 Å². The first kappa shape index (κ1) is 10.4. The number of hydrogen-bond donors (Lipinski definition) is 1. The Morgan fingerprint density at radius 1 is 1.33 bits per heavy atom. The number of nitrogens with zero attached hydrogens (tertiary/aromatic N) is 1. The summed E-state index contributed by atoms with van der Waals surface area (Å²) in [6, 6.07) is 0. The van der Waals surface area contributed by atoms with Crippen LogP contribution in [0.25, 0.3) is 0 Å². The standard InChI is InChI=1S/C10H21NS/c1-9(2)5-11(6-9)7-10(3,4)8-12/h12H,5-8H2,1-4H3. The monoisotopic (exact) mass is 187 g/mol. The van der Waals surface area contributed by atoms with E-state index >= 15 is 0 Å². The van der Waals surface area contributed by atoms with E-state index in [1.54, 1.807) is 0 Å². The van der Waals surface area contributed by atoms with Crippen molar-refractivity contribution in [1.29, 1.82) is 0 Å². The lowest BCUT2D eigenvalue weighted by Crippen LogP contribution is -2.55. The van der Waals surface area contributed by atoms with Crippen LogP contribution in [0.2, 0.25) is 0 Å². The van der Waals surface area contributed by atoms with Crippen molar-refractivity contribution in [2.45, 2.75) is 27.7 Å². The maximum absolute atomic E-state index is 4.36.